The Morgan fingerprint density at radius 2 is 1.63 bits per heavy atom. The Morgan fingerprint density at radius 3 is 2.23 bits per heavy atom. The number of ketones is 3. The standard InChI is InChI=1S/C29H22FNO4/c1-16(32)26-25(17-7-11-20(35-2)12-8-17)29(27(33)21-5-3-4-6-22(21)28(29)34)24-14-9-18-15-19(30)10-13-23(18)31(24)26/h3-15,24-26H,1-2H3/t24-,25+,26+/m0/s1. The normalized spacial score (nSPS) is 23.3. The molecule has 2 aliphatic heterocycles. The third-order valence-electron chi connectivity index (χ3n) is 7.66. The predicted molar refractivity (Wildman–Crippen MR) is 129 cm³/mol. The Kier molecular flexibility index (Phi) is 4.58. The lowest BCUT2D eigenvalue weighted by molar-refractivity contribution is -0.118. The van der Waals surface area contributed by atoms with Gasteiger partial charge in [0.25, 0.3) is 0 Å². The number of nitrogens with zero attached hydrogens (tertiary/aromatic N) is 1. The van der Waals surface area contributed by atoms with E-state index in [0.29, 0.717) is 33.7 Å². The van der Waals surface area contributed by atoms with Crippen molar-refractivity contribution in [2.45, 2.75) is 24.9 Å². The molecule has 35 heavy (non-hydrogen) atoms. The first-order chi connectivity index (χ1) is 16.9. The molecule has 1 saturated heterocycles. The van der Waals surface area contributed by atoms with Crippen molar-refractivity contribution in [1.29, 1.82) is 0 Å². The molecule has 3 aliphatic rings. The molecule has 0 bridgehead atoms. The van der Waals surface area contributed by atoms with E-state index in [4.69, 9.17) is 4.74 Å². The number of hydrogen-bond acceptors (Lipinski definition) is 5. The van der Waals surface area contributed by atoms with E-state index in [9.17, 15) is 18.8 Å². The van der Waals surface area contributed by atoms with Crippen LogP contribution in [0.4, 0.5) is 10.1 Å². The molecule has 0 N–H and O–H groups in total. The average Bonchev–Trinajstić information content (AvgIpc) is 3.30. The van der Waals surface area contributed by atoms with E-state index in [1.165, 1.54) is 19.1 Å². The molecule has 0 aromatic heterocycles. The van der Waals surface area contributed by atoms with Gasteiger partial charge < -0.3 is 9.64 Å². The van der Waals surface area contributed by atoms with Crippen molar-refractivity contribution in [1.82, 2.24) is 0 Å². The Morgan fingerprint density at radius 1 is 0.971 bits per heavy atom. The molecular weight excluding hydrogens is 445 g/mol. The fraction of sp³-hybridized carbons (Fsp3) is 0.207. The number of ether oxygens (including phenoxy) is 1. The number of rotatable bonds is 3. The maximum absolute atomic E-state index is 14.2. The highest BCUT2D eigenvalue weighted by Gasteiger charge is 2.71. The minimum absolute atomic E-state index is 0.171. The minimum Gasteiger partial charge on any atom is -0.497 e. The molecule has 6 heteroatoms. The van der Waals surface area contributed by atoms with E-state index in [2.05, 4.69) is 0 Å². The van der Waals surface area contributed by atoms with Crippen molar-refractivity contribution in [3.8, 4) is 5.75 Å². The summed E-state index contributed by atoms with van der Waals surface area (Å²) in [5.41, 5.74) is 1.15. The van der Waals surface area contributed by atoms with Gasteiger partial charge in [0.2, 0.25) is 0 Å². The van der Waals surface area contributed by atoms with Gasteiger partial charge in [-0.25, -0.2) is 4.39 Å². The van der Waals surface area contributed by atoms with Gasteiger partial charge in [-0.15, -0.1) is 0 Å². The molecule has 0 saturated carbocycles. The van der Waals surface area contributed by atoms with Crippen LogP contribution in [-0.2, 0) is 4.79 Å². The summed E-state index contributed by atoms with van der Waals surface area (Å²) in [6.07, 6.45) is 3.53. The molecule has 3 aromatic rings. The van der Waals surface area contributed by atoms with E-state index in [0.717, 1.165) is 0 Å². The molecular formula is C29H22FNO4. The van der Waals surface area contributed by atoms with Crippen LogP contribution in [0.5, 0.6) is 5.75 Å². The molecule has 174 valence electrons. The summed E-state index contributed by atoms with van der Waals surface area (Å²) in [6, 6.07) is 16.9. The van der Waals surface area contributed by atoms with Crippen LogP contribution in [0, 0.1) is 11.2 Å². The van der Waals surface area contributed by atoms with Crippen LogP contribution in [0.15, 0.2) is 72.8 Å². The van der Waals surface area contributed by atoms with Gasteiger partial charge in [-0.1, -0.05) is 48.6 Å². The molecule has 0 unspecified atom stereocenters. The lowest BCUT2D eigenvalue weighted by atomic mass is 9.64. The molecule has 1 aliphatic carbocycles. The van der Waals surface area contributed by atoms with Crippen molar-refractivity contribution >= 4 is 29.1 Å². The van der Waals surface area contributed by atoms with Gasteiger partial charge in [-0.3, -0.25) is 14.4 Å². The highest BCUT2D eigenvalue weighted by molar-refractivity contribution is 6.32. The maximum Gasteiger partial charge on any atom is 0.180 e. The number of carbonyl (C=O) groups excluding carboxylic acids is 3. The fourth-order valence-corrected chi connectivity index (χ4v) is 6.29. The van der Waals surface area contributed by atoms with E-state index < -0.39 is 29.2 Å². The van der Waals surface area contributed by atoms with Crippen molar-refractivity contribution in [2.75, 3.05) is 12.0 Å². The zero-order valence-electron chi connectivity index (χ0n) is 19.2. The molecule has 6 rings (SSSR count). The van der Waals surface area contributed by atoms with Crippen LogP contribution in [-0.4, -0.2) is 36.5 Å². The zero-order chi connectivity index (χ0) is 24.5. The quantitative estimate of drug-likeness (QED) is 0.515. The number of benzene rings is 3. The fourth-order valence-electron chi connectivity index (χ4n) is 6.29. The predicted octanol–water partition coefficient (Wildman–Crippen LogP) is 4.86. The Bertz CT molecular complexity index is 1410. The molecule has 3 aromatic carbocycles. The second-order valence-electron chi connectivity index (χ2n) is 9.29. The maximum atomic E-state index is 14.2. The minimum atomic E-state index is -1.53. The van der Waals surface area contributed by atoms with E-state index in [-0.39, 0.29) is 17.3 Å². The highest BCUT2D eigenvalue weighted by Crippen LogP contribution is 2.60. The molecule has 2 heterocycles. The molecule has 3 atom stereocenters. The molecule has 1 spiro atoms. The zero-order valence-corrected chi connectivity index (χ0v) is 19.2. The van der Waals surface area contributed by atoms with Gasteiger partial charge in [0.05, 0.1) is 19.2 Å². The Labute approximate surface area is 201 Å². The second kappa shape index (κ2) is 7.47. The van der Waals surface area contributed by atoms with Crippen LogP contribution < -0.4 is 9.64 Å². The van der Waals surface area contributed by atoms with Crippen molar-refractivity contribution in [3.63, 3.8) is 0 Å². The van der Waals surface area contributed by atoms with E-state index >= 15 is 0 Å². The van der Waals surface area contributed by atoms with Gasteiger partial charge >= 0.3 is 0 Å². The number of methoxy groups -OCH3 is 1. The Balaban J connectivity index is 1.66. The molecule has 1 fully saturated rings. The van der Waals surface area contributed by atoms with Crippen LogP contribution in [0.3, 0.4) is 0 Å². The lowest BCUT2D eigenvalue weighted by Gasteiger charge is -2.37. The molecule has 5 nitrogen and oxygen atoms in total. The van der Waals surface area contributed by atoms with Gasteiger partial charge in [0.15, 0.2) is 17.3 Å². The number of fused-ring (bicyclic) bond motifs is 5. The summed E-state index contributed by atoms with van der Waals surface area (Å²) >= 11 is 0. The number of Topliss-reactive ketones (excluding diaryl/α,β-unsaturated/α-hetero) is 3. The first-order valence-corrected chi connectivity index (χ1v) is 11.5. The third-order valence-corrected chi connectivity index (χ3v) is 7.66. The van der Waals surface area contributed by atoms with Crippen LogP contribution in [0.1, 0.15) is 44.7 Å². The Hall–Kier alpha value is -4.06. The molecule has 0 amide bonds. The topological polar surface area (TPSA) is 63.7 Å². The van der Waals surface area contributed by atoms with Crippen LogP contribution in [0.2, 0.25) is 0 Å². The lowest BCUT2D eigenvalue weighted by Crippen LogP contribution is -2.48. The van der Waals surface area contributed by atoms with Crippen LogP contribution in [0.25, 0.3) is 6.08 Å². The van der Waals surface area contributed by atoms with Crippen molar-refractivity contribution in [3.05, 3.63) is 101 Å². The molecule has 0 radical (unpaired) electrons. The SMILES string of the molecule is COc1ccc([C@@H]2[C@@H](C(C)=O)N3c4ccc(F)cc4C=C[C@H]3C23C(=O)c2ccccc2C3=O)cc1. The summed E-state index contributed by atoms with van der Waals surface area (Å²) in [5, 5.41) is 0. The van der Waals surface area contributed by atoms with E-state index in [1.807, 2.05) is 17.0 Å². The summed E-state index contributed by atoms with van der Waals surface area (Å²) in [7, 11) is 1.56. The highest BCUT2D eigenvalue weighted by atomic mass is 19.1. The summed E-state index contributed by atoms with van der Waals surface area (Å²) in [4.78, 5) is 43.7. The summed E-state index contributed by atoms with van der Waals surface area (Å²) in [6.45, 7) is 1.48. The van der Waals surface area contributed by atoms with Gasteiger partial charge in [-0.05, 0) is 42.8 Å². The third kappa shape index (κ3) is 2.71. The largest absolute Gasteiger partial charge is 0.497 e. The van der Waals surface area contributed by atoms with Gasteiger partial charge in [-0.2, -0.15) is 0 Å². The van der Waals surface area contributed by atoms with Gasteiger partial charge in [0.1, 0.15) is 17.0 Å². The number of halogens is 1. The first-order valence-electron chi connectivity index (χ1n) is 11.5. The second-order valence-corrected chi connectivity index (χ2v) is 9.29. The van der Waals surface area contributed by atoms with E-state index in [1.54, 1.807) is 61.7 Å². The smallest absolute Gasteiger partial charge is 0.180 e. The van der Waals surface area contributed by atoms with Crippen LogP contribution >= 0.6 is 0 Å². The number of anilines is 1. The monoisotopic (exact) mass is 467 g/mol. The van der Waals surface area contributed by atoms with Crippen molar-refractivity contribution in [2.24, 2.45) is 5.41 Å². The van der Waals surface area contributed by atoms with Gasteiger partial charge in [0, 0.05) is 28.3 Å². The summed E-state index contributed by atoms with van der Waals surface area (Å²) in [5.74, 6) is -1.25. The summed E-state index contributed by atoms with van der Waals surface area (Å²) < 4.78 is 19.4. The number of carbonyl (C=O) groups is 3. The van der Waals surface area contributed by atoms with Crippen molar-refractivity contribution < 1.29 is 23.5 Å². The number of hydrogen-bond donors (Lipinski definition) is 0. The average molecular weight is 467 g/mol. The first kappa shape index (κ1) is 21.5.